The van der Waals surface area contributed by atoms with Gasteiger partial charge in [0.25, 0.3) is 11.8 Å². The first-order valence-electron chi connectivity index (χ1n) is 9.53. The van der Waals surface area contributed by atoms with E-state index in [1.165, 1.54) is 24.3 Å². The second-order valence-electron chi connectivity index (χ2n) is 6.77. The van der Waals surface area contributed by atoms with Gasteiger partial charge < -0.3 is 9.47 Å². The van der Waals surface area contributed by atoms with Gasteiger partial charge in [-0.2, -0.15) is 0 Å². The van der Waals surface area contributed by atoms with E-state index in [0.717, 1.165) is 0 Å². The van der Waals surface area contributed by atoms with Gasteiger partial charge in [-0.3, -0.25) is 15.0 Å². The Morgan fingerprint density at radius 2 is 1.71 bits per heavy atom. The molecule has 1 heterocycles. The maximum Gasteiger partial charge on any atom is 0.282 e. The lowest BCUT2D eigenvalue weighted by Crippen LogP contribution is -2.35. The summed E-state index contributed by atoms with van der Waals surface area (Å²) in [6, 6.07) is 20.2. The molecule has 0 spiro atoms. The molecule has 0 unspecified atom stereocenters. The molecule has 0 bridgehead atoms. The van der Waals surface area contributed by atoms with Gasteiger partial charge in [-0.1, -0.05) is 42.5 Å². The quantitative estimate of drug-likeness (QED) is 0.487. The van der Waals surface area contributed by atoms with E-state index < -0.39 is 11.8 Å². The molecule has 0 atom stereocenters. The first kappa shape index (κ1) is 20.2. The molecule has 156 valence electrons. The molecule has 1 fully saturated rings. The van der Waals surface area contributed by atoms with Crippen molar-refractivity contribution < 1.29 is 23.5 Å². The van der Waals surface area contributed by atoms with Crippen molar-refractivity contribution in [2.75, 3.05) is 12.1 Å². The third kappa shape index (κ3) is 4.25. The zero-order chi connectivity index (χ0) is 21.8. The zero-order valence-corrected chi connectivity index (χ0v) is 16.7. The van der Waals surface area contributed by atoms with E-state index in [1.54, 1.807) is 60.7 Å². The van der Waals surface area contributed by atoms with E-state index in [1.807, 2.05) is 6.07 Å². The van der Waals surface area contributed by atoms with Crippen molar-refractivity contribution >= 4 is 23.6 Å². The first-order chi connectivity index (χ1) is 15.1. The molecule has 2 amide bonds. The van der Waals surface area contributed by atoms with Gasteiger partial charge in [-0.15, -0.1) is 0 Å². The Hall–Kier alpha value is -4.13. The van der Waals surface area contributed by atoms with Gasteiger partial charge in [0, 0.05) is 5.56 Å². The van der Waals surface area contributed by atoms with Crippen molar-refractivity contribution in [1.29, 1.82) is 0 Å². The predicted molar refractivity (Wildman–Crippen MR) is 114 cm³/mol. The fourth-order valence-electron chi connectivity index (χ4n) is 3.15. The number of ether oxygens (including phenoxy) is 2. The summed E-state index contributed by atoms with van der Waals surface area (Å²) in [5.74, 6) is -0.475. The largest absolute Gasteiger partial charge is 0.493 e. The number of carbonyl (C=O) groups excluding carboxylic acids is 2. The third-order valence-electron chi connectivity index (χ3n) is 4.75. The van der Waals surface area contributed by atoms with Crippen molar-refractivity contribution in [2.45, 2.75) is 6.61 Å². The molecule has 0 radical (unpaired) electrons. The molecule has 1 aliphatic heterocycles. The van der Waals surface area contributed by atoms with Gasteiger partial charge >= 0.3 is 0 Å². The van der Waals surface area contributed by atoms with E-state index in [-0.39, 0.29) is 18.0 Å². The smallest absolute Gasteiger partial charge is 0.282 e. The topological polar surface area (TPSA) is 67.9 Å². The molecule has 4 rings (SSSR count). The average Bonchev–Trinajstić information content (AvgIpc) is 3.08. The van der Waals surface area contributed by atoms with E-state index in [0.29, 0.717) is 28.3 Å². The summed E-state index contributed by atoms with van der Waals surface area (Å²) < 4.78 is 24.9. The van der Waals surface area contributed by atoms with Gasteiger partial charge in [-0.25, -0.2) is 9.40 Å². The van der Waals surface area contributed by atoms with Crippen LogP contribution in [0.3, 0.4) is 0 Å². The second kappa shape index (κ2) is 8.71. The third-order valence-corrected chi connectivity index (χ3v) is 4.75. The number of nitrogens with one attached hydrogen (secondary N) is 1. The number of rotatable bonds is 6. The maximum absolute atomic E-state index is 13.8. The van der Waals surface area contributed by atoms with Crippen molar-refractivity contribution in [1.82, 2.24) is 5.43 Å². The molecule has 3 aromatic rings. The Morgan fingerprint density at radius 3 is 2.45 bits per heavy atom. The lowest BCUT2D eigenvalue weighted by Gasteiger charge is -2.14. The normalized spacial score (nSPS) is 14.6. The number of hydrazine groups is 1. The number of carbonyl (C=O) groups is 2. The molecule has 7 heteroatoms. The Morgan fingerprint density at radius 1 is 0.968 bits per heavy atom. The van der Waals surface area contributed by atoms with Crippen LogP contribution < -0.4 is 19.9 Å². The highest BCUT2D eigenvalue weighted by Gasteiger charge is 2.34. The Balaban J connectivity index is 1.55. The molecule has 3 aromatic carbocycles. The van der Waals surface area contributed by atoms with Crippen molar-refractivity contribution in [3.63, 3.8) is 0 Å². The van der Waals surface area contributed by atoms with Crippen molar-refractivity contribution in [3.05, 3.63) is 95.3 Å². The van der Waals surface area contributed by atoms with Crippen molar-refractivity contribution in [2.24, 2.45) is 0 Å². The van der Waals surface area contributed by atoms with E-state index in [2.05, 4.69) is 5.43 Å². The Labute approximate surface area is 178 Å². The fourth-order valence-corrected chi connectivity index (χ4v) is 3.15. The van der Waals surface area contributed by atoms with Crippen LogP contribution in [0.2, 0.25) is 0 Å². The fraction of sp³-hybridized carbons (Fsp3) is 0.0833. The summed E-state index contributed by atoms with van der Waals surface area (Å²) in [5.41, 5.74) is 4.14. The lowest BCUT2D eigenvalue weighted by atomic mass is 10.1. The summed E-state index contributed by atoms with van der Waals surface area (Å²) in [6.45, 7) is 0.0381. The Kier molecular flexibility index (Phi) is 5.66. The summed E-state index contributed by atoms with van der Waals surface area (Å²) >= 11 is 0. The maximum atomic E-state index is 13.8. The highest BCUT2D eigenvalue weighted by molar-refractivity contribution is 6.31. The van der Waals surface area contributed by atoms with Gasteiger partial charge in [0.1, 0.15) is 18.0 Å². The SMILES string of the molecule is COc1cc(C=C2C(=O)NN(c3ccccc3)C2=O)ccc1OCc1ccccc1F. The molecule has 0 aliphatic carbocycles. The van der Waals surface area contributed by atoms with Crippen LogP contribution in [-0.2, 0) is 16.2 Å². The van der Waals surface area contributed by atoms with Gasteiger partial charge in [0.2, 0.25) is 0 Å². The predicted octanol–water partition coefficient (Wildman–Crippen LogP) is 3.87. The summed E-state index contributed by atoms with van der Waals surface area (Å²) in [6.07, 6.45) is 1.49. The molecule has 1 N–H and O–H groups in total. The summed E-state index contributed by atoms with van der Waals surface area (Å²) in [7, 11) is 1.48. The molecular weight excluding hydrogens is 399 g/mol. The number of benzene rings is 3. The minimum Gasteiger partial charge on any atom is -0.493 e. The first-order valence-corrected chi connectivity index (χ1v) is 9.53. The number of methoxy groups -OCH3 is 1. The van der Waals surface area contributed by atoms with Crippen LogP contribution in [0.15, 0.2) is 78.4 Å². The van der Waals surface area contributed by atoms with Gasteiger partial charge in [0.15, 0.2) is 11.5 Å². The number of halogens is 1. The number of nitrogens with zero attached hydrogens (tertiary/aromatic N) is 1. The van der Waals surface area contributed by atoms with Crippen LogP contribution in [0.1, 0.15) is 11.1 Å². The number of hydrogen-bond acceptors (Lipinski definition) is 4. The molecule has 0 aromatic heterocycles. The Bertz CT molecular complexity index is 1160. The van der Waals surface area contributed by atoms with Gasteiger partial charge in [-0.05, 0) is 42.0 Å². The highest BCUT2D eigenvalue weighted by Crippen LogP contribution is 2.30. The standard InChI is InChI=1S/C24H19FN2O4/c1-30-22-14-16(11-12-21(22)31-15-17-7-5-6-10-20(17)25)13-19-23(28)26-27(24(19)29)18-8-3-2-4-9-18/h2-14H,15H2,1H3,(H,26,28). The summed E-state index contributed by atoms with van der Waals surface area (Å²) in [4.78, 5) is 25.1. The van der Waals surface area contributed by atoms with Crippen LogP contribution in [0, 0.1) is 5.82 Å². The molecule has 31 heavy (non-hydrogen) atoms. The molecule has 1 saturated heterocycles. The monoisotopic (exact) mass is 418 g/mol. The van der Waals surface area contributed by atoms with Crippen molar-refractivity contribution in [3.8, 4) is 11.5 Å². The average molecular weight is 418 g/mol. The van der Waals surface area contributed by atoms with Gasteiger partial charge in [0.05, 0.1) is 12.8 Å². The van der Waals surface area contributed by atoms with Crippen LogP contribution in [0.5, 0.6) is 11.5 Å². The summed E-state index contributed by atoms with van der Waals surface area (Å²) in [5, 5.41) is 1.21. The molecule has 1 aliphatic rings. The number of amides is 2. The molecule has 0 saturated carbocycles. The zero-order valence-electron chi connectivity index (χ0n) is 16.7. The van der Waals surface area contributed by atoms with Crippen LogP contribution >= 0.6 is 0 Å². The van der Waals surface area contributed by atoms with Crippen LogP contribution in [-0.4, -0.2) is 18.9 Å². The minimum absolute atomic E-state index is 0.00549. The van der Waals surface area contributed by atoms with Crippen LogP contribution in [0.25, 0.3) is 6.08 Å². The minimum atomic E-state index is -0.493. The van der Waals surface area contributed by atoms with E-state index in [4.69, 9.17) is 9.47 Å². The number of hydrogen-bond donors (Lipinski definition) is 1. The molecule has 6 nitrogen and oxygen atoms in total. The van der Waals surface area contributed by atoms with E-state index >= 15 is 0 Å². The highest BCUT2D eigenvalue weighted by atomic mass is 19.1. The van der Waals surface area contributed by atoms with E-state index in [9.17, 15) is 14.0 Å². The second-order valence-corrected chi connectivity index (χ2v) is 6.77. The van der Waals surface area contributed by atoms with Crippen LogP contribution in [0.4, 0.5) is 10.1 Å². The molecular formula is C24H19FN2O4. The number of anilines is 1. The lowest BCUT2D eigenvalue weighted by molar-refractivity contribution is -0.117. The number of para-hydroxylation sites is 1.